The van der Waals surface area contributed by atoms with Crippen molar-refractivity contribution in [2.24, 2.45) is 10.7 Å². The maximum Gasteiger partial charge on any atom is 0.181 e. The van der Waals surface area contributed by atoms with Crippen molar-refractivity contribution >= 4 is 26.5 Å². The molecule has 1 unspecified atom stereocenters. The Morgan fingerprint density at radius 2 is 2.41 bits per heavy atom. The van der Waals surface area contributed by atoms with E-state index in [1.165, 1.54) is 0 Å². The van der Waals surface area contributed by atoms with Gasteiger partial charge in [-0.1, -0.05) is 0 Å². The largest absolute Gasteiger partial charge is 0.384 e. The summed E-state index contributed by atoms with van der Waals surface area (Å²) in [7, 11) is 1.71. The Balaban J connectivity index is 2.21. The van der Waals surface area contributed by atoms with Crippen LogP contribution < -0.4 is 11.1 Å². The highest BCUT2D eigenvalue weighted by Gasteiger charge is 2.34. The van der Waals surface area contributed by atoms with Crippen molar-refractivity contribution in [2.75, 3.05) is 13.7 Å². The van der Waals surface area contributed by atoms with Crippen LogP contribution in [0.15, 0.2) is 16.5 Å². The maximum absolute atomic E-state index is 8.09. The van der Waals surface area contributed by atoms with E-state index in [-0.39, 0.29) is 12.1 Å². The van der Waals surface area contributed by atoms with Crippen LogP contribution in [0, 0.1) is 5.41 Å². The van der Waals surface area contributed by atoms with Crippen LogP contribution in [-0.4, -0.2) is 35.4 Å². The molecule has 0 saturated carbocycles. The Bertz CT molecular complexity index is 386. The number of hydrogen-bond acceptors (Lipinski definition) is 5. The molecule has 0 radical (unpaired) electrons. The molecule has 0 aliphatic carbocycles. The molecule has 1 atom stereocenters. The first-order valence-corrected chi connectivity index (χ1v) is 6.36. The van der Waals surface area contributed by atoms with Crippen molar-refractivity contribution < 1.29 is 4.74 Å². The van der Waals surface area contributed by atoms with Gasteiger partial charge in [0.25, 0.3) is 0 Å². The van der Waals surface area contributed by atoms with E-state index in [1.807, 2.05) is 0 Å². The lowest BCUT2D eigenvalue weighted by Crippen LogP contribution is -2.43. The van der Waals surface area contributed by atoms with Gasteiger partial charge in [-0.05, 0) is 35.2 Å². The van der Waals surface area contributed by atoms with Crippen molar-refractivity contribution in [1.29, 1.82) is 5.41 Å². The summed E-state index contributed by atoms with van der Waals surface area (Å²) in [6.07, 6.45) is 2.97. The van der Waals surface area contributed by atoms with Crippen LogP contribution in [0.25, 0.3) is 0 Å². The van der Waals surface area contributed by atoms with Gasteiger partial charge in [0.1, 0.15) is 17.7 Å². The summed E-state index contributed by atoms with van der Waals surface area (Å²) in [6.45, 7) is 0.731. The third-order valence-corrected chi connectivity index (χ3v) is 3.40. The number of nitrogens with two attached hydrogens (primary N) is 1. The van der Waals surface area contributed by atoms with E-state index < -0.39 is 0 Å². The first kappa shape index (κ1) is 12.4. The van der Waals surface area contributed by atoms with E-state index in [4.69, 9.17) is 15.9 Å². The molecule has 1 fully saturated rings. The number of nitrogens with one attached hydrogen (secondary N) is 2. The number of rotatable bonds is 2. The topological polar surface area (TPSA) is 86.7 Å². The SMILES string of the molecule is CN/C(N)=C1/N=C(Br)N(C2CCCCO2)C1=N. The fourth-order valence-corrected chi connectivity index (χ4v) is 2.48. The molecular formula is C10H16BrN5O. The van der Waals surface area contributed by atoms with Crippen LogP contribution >= 0.6 is 15.9 Å². The lowest BCUT2D eigenvalue weighted by molar-refractivity contribution is -0.0307. The van der Waals surface area contributed by atoms with Gasteiger partial charge in [-0.2, -0.15) is 0 Å². The molecule has 0 aromatic carbocycles. The average Bonchev–Trinajstić information content (AvgIpc) is 2.65. The molecule has 6 nitrogen and oxygen atoms in total. The zero-order chi connectivity index (χ0) is 12.4. The first-order valence-electron chi connectivity index (χ1n) is 5.56. The molecule has 4 N–H and O–H groups in total. The van der Waals surface area contributed by atoms with E-state index in [0.29, 0.717) is 16.3 Å². The van der Waals surface area contributed by atoms with Gasteiger partial charge < -0.3 is 15.8 Å². The molecule has 2 aliphatic rings. The summed E-state index contributed by atoms with van der Waals surface area (Å²) >= 11 is 3.36. The van der Waals surface area contributed by atoms with Gasteiger partial charge in [-0.25, -0.2) is 4.99 Å². The van der Waals surface area contributed by atoms with Gasteiger partial charge in [-0.15, -0.1) is 0 Å². The second kappa shape index (κ2) is 5.05. The molecule has 94 valence electrons. The Morgan fingerprint density at radius 3 is 3.00 bits per heavy atom. The van der Waals surface area contributed by atoms with Crippen LogP contribution in [0.4, 0.5) is 0 Å². The van der Waals surface area contributed by atoms with Gasteiger partial charge in [0.2, 0.25) is 0 Å². The zero-order valence-electron chi connectivity index (χ0n) is 9.66. The van der Waals surface area contributed by atoms with Crippen molar-refractivity contribution in [3.05, 3.63) is 11.5 Å². The van der Waals surface area contributed by atoms with Gasteiger partial charge in [-0.3, -0.25) is 10.3 Å². The zero-order valence-corrected chi connectivity index (χ0v) is 11.2. The van der Waals surface area contributed by atoms with Crippen LogP contribution in [0.3, 0.4) is 0 Å². The predicted molar refractivity (Wildman–Crippen MR) is 69.8 cm³/mol. The summed E-state index contributed by atoms with van der Waals surface area (Å²) in [6, 6.07) is 0. The highest BCUT2D eigenvalue weighted by molar-refractivity contribution is 9.18. The van der Waals surface area contributed by atoms with Gasteiger partial charge in [0, 0.05) is 13.7 Å². The molecule has 0 aromatic heterocycles. The normalized spacial score (nSPS) is 28.1. The van der Waals surface area contributed by atoms with Crippen molar-refractivity contribution in [3.63, 3.8) is 0 Å². The third kappa shape index (κ3) is 2.30. The molecule has 0 bridgehead atoms. The Kier molecular flexibility index (Phi) is 3.68. The molecule has 2 aliphatic heterocycles. The third-order valence-electron chi connectivity index (χ3n) is 2.84. The minimum absolute atomic E-state index is 0.114. The number of halogens is 1. The van der Waals surface area contributed by atoms with Crippen molar-refractivity contribution in [1.82, 2.24) is 10.2 Å². The second-order valence-electron chi connectivity index (χ2n) is 3.93. The molecule has 1 saturated heterocycles. The lowest BCUT2D eigenvalue weighted by Gasteiger charge is -2.31. The van der Waals surface area contributed by atoms with Crippen LogP contribution in [-0.2, 0) is 4.74 Å². The quantitative estimate of drug-likeness (QED) is 0.662. The average molecular weight is 302 g/mol. The van der Waals surface area contributed by atoms with E-state index in [2.05, 4.69) is 26.2 Å². The Hall–Kier alpha value is -1.08. The van der Waals surface area contributed by atoms with E-state index >= 15 is 0 Å². The summed E-state index contributed by atoms with van der Waals surface area (Å²) in [4.78, 5) is 5.98. The van der Waals surface area contributed by atoms with Crippen LogP contribution in [0.2, 0.25) is 0 Å². The number of aliphatic imine (C=N–C) groups is 1. The monoisotopic (exact) mass is 301 g/mol. The van der Waals surface area contributed by atoms with Gasteiger partial charge in [0.05, 0.1) is 0 Å². The summed E-state index contributed by atoms with van der Waals surface area (Å²) in [5.41, 5.74) is 6.21. The molecule has 0 amide bonds. The molecule has 7 heteroatoms. The first-order chi connectivity index (χ1) is 8.15. The van der Waals surface area contributed by atoms with Crippen molar-refractivity contribution in [2.45, 2.75) is 25.5 Å². The Morgan fingerprint density at radius 1 is 1.65 bits per heavy atom. The number of ether oxygens (including phenoxy) is 1. The number of nitrogens with zero attached hydrogens (tertiary/aromatic N) is 2. The van der Waals surface area contributed by atoms with Crippen LogP contribution in [0.1, 0.15) is 19.3 Å². The van der Waals surface area contributed by atoms with E-state index in [9.17, 15) is 0 Å². The molecular weight excluding hydrogens is 286 g/mol. The van der Waals surface area contributed by atoms with Crippen LogP contribution in [0.5, 0.6) is 0 Å². The molecule has 0 aromatic rings. The van der Waals surface area contributed by atoms with Crippen molar-refractivity contribution in [3.8, 4) is 0 Å². The summed E-state index contributed by atoms with van der Waals surface area (Å²) in [5.74, 6) is 0.667. The van der Waals surface area contributed by atoms with E-state index in [1.54, 1.807) is 11.9 Å². The summed E-state index contributed by atoms with van der Waals surface area (Å²) in [5, 5.41) is 10.9. The summed E-state index contributed by atoms with van der Waals surface area (Å²) < 4.78 is 6.24. The molecule has 0 spiro atoms. The predicted octanol–water partition coefficient (Wildman–Crippen LogP) is 0.904. The minimum atomic E-state index is -0.114. The molecule has 2 heterocycles. The second-order valence-corrected chi connectivity index (χ2v) is 4.64. The highest BCUT2D eigenvalue weighted by Crippen LogP contribution is 2.26. The van der Waals surface area contributed by atoms with Gasteiger partial charge >= 0.3 is 0 Å². The minimum Gasteiger partial charge on any atom is -0.384 e. The number of hydrogen-bond donors (Lipinski definition) is 3. The molecule has 2 rings (SSSR count). The lowest BCUT2D eigenvalue weighted by atomic mass is 10.1. The van der Waals surface area contributed by atoms with Gasteiger partial charge in [0.15, 0.2) is 10.6 Å². The fourth-order valence-electron chi connectivity index (χ4n) is 1.90. The fraction of sp³-hybridized carbons (Fsp3) is 0.600. The van der Waals surface area contributed by atoms with E-state index in [0.717, 1.165) is 25.9 Å². The Labute approximate surface area is 109 Å². The highest BCUT2D eigenvalue weighted by atomic mass is 79.9. The molecule has 17 heavy (non-hydrogen) atoms. The maximum atomic E-state index is 8.09. The number of amidine groups is 2. The smallest absolute Gasteiger partial charge is 0.181 e. The standard InChI is InChI=1S/C10H16BrN5O/c1-14-8(12)7-9(13)16(10(11)15-7)6-4-2-3-5-17-6/h6,13-14H,2-5,12H2,1H3/b8-7+,13-9?.